The number of anilines is 1. The van der Waals surface area contributed by atoms with E-state index in [-0.39, 0.29) is 17.4 Å². The SMILES string of the molecule is [C-]#[N+]c1cc(OC)c2nc(NC(=O)CC3CC(F)(F)C3(C)F)n(-c3ccc(F)cc3)c2c1. The number of amides is 1. The minimum absolute atomic E-state index is 0.00341. The summed E-state index contributed by atoms with van der Waals surface area (Å²) in [5.74, 6) is -5.50. The number of benzene rings is 2. The number of rotatable bonds is 5. The van der Waals surface area contributed by atoms with E-state index in [1.165, 1.54) is 48.1 Å². The summed E-state index contributed by atoms with van der Waals surface area (Å²) < 4.78 is 61.4. The predicted molar refractivity (Wildman–Crippen MR) is 110 cm³/mol. The molecule has 1 amide bonds. The molecular weight excluding hydrogens is 428 g/mol. The molecule has 2 unspecified atom stereocenters. The molecule has 4 rings (SSSR count). The van der Waals surface area contributed by atoms with E-state index in [0.717, 1.165) is 6.92 Å². The van der Waals surface area contributed by atoms with Gasteiger partial charge in [-0.3, -0.25) is 14.7 Å². The maximum absolute atomic E-state index is 14.2. The molecule has 0 aliphatic heterocycles. The zero-order valence-corrected chi connectivity index (χ0v) is 17.1. The van der Waals surface area contributed by atoms with Crippen LogP contribution in [0.15, 0.2) is 36.4 Å². The zero-order chi connectivity index (χ0) is 23.3. The Morgan fingerprint density at radius 2 is 2.00 bits per heavy atom. The average Bonchev–Trinajstić information content (AvgIpc) is 3.10. The average molecular weight is 446 g/mol. The van der Waals surface area contributed by atoms with E-state index in [0.29, 0.717) is 16.7 Å². The normalized spacial score (nSPS) is 21.6. The fourth-order valence-corrected chi connectivity index (χ4v) is 3.82. The largest absolute Gasteiger partial charge is 0.496 e. The van der Waals surface area contributed by atoms with Crippen molar-refractivity contribution in [1.82, 2.24) is 9.55 Å². The molecule has 32 heavy (non-hydrogen) atoms. The Morgan fingerprint density at radius 1 is 1.31 bits per heavy atom. The van der Waals surface area contributed by atoms with Gasteiger partial charge in [-0.2, -0.15) is 0 Å². The molecule has 6 nitrogen and oxygen atoms in total. The molecule has 0 bridgehead atoms. The first-order valence-electron chi connectivity index (χ1n) is 9.68. The molecule has 1 aromatic heterocycles. The number of halogens is 4. The fourth-order valence-electron chi connectivity index (χ4n) is 3.82. The second-order valence-corrected chi connectivity index (χ2v) is 7.81. The van der Waals surface area contributed by atoms with Crippen LogP contribution >= 0.6 is 0 Å². The van der Waals surface area contributed by atoms with E-state index < -0.39 is 42.1 Å². The summed E-state index contributed by atoms with van der Waals surface area (Å²) >= 11 is 0. The van der Waals surface area contributed by atoms with Gasteiger partial charge in [-0.15, -0.1) is 0 Å². The van der Waals surface area contributed by atoms with Gasteiger partial charge in [0.2, 0.25) is 11.9 Å². The van der Waals surface area contributed by atoms with Crippen LogP contribution in [-0.2, 0) is 4.79 Å². The minimum atomic E-state index is -3.47. The molecule has 1 heterocycles. The first kappa shape index (κ1) is 21.6. The Morgan fingerprint density at radius 3 is 2.56 bits per heavy atom. The van der Waals surface area contributed by atoms with Crippen LogP contribution in [0.25, 0.3) is 21.6 Å². The monoisotopic (exact) mass is 446 g/mol. The third-order valence-electron chi connectivity index (χ3n) is 5.81. The lowest BCUT2D eigenvalue weighted by atomic mass is 9.67. The number of fused-ring (bicyclic) bond motifs is 1. The van der Waals surface area contributed by atoms with Crippen LogP contribution < -0.4 is 10.1 Å². The standard InChI is InChI=1S/C22H18F4N4O2/c1-21(24)12(11-22(21,25)26)8-18(31)28-20-29-19-16(9-14(27-2)10-17(19)32-3)30(20)15-6-4-13(23)5-7-15/h4-7,9-10,12H,8,11H2,1,3H3,(H,28,29,31). The highest BCUT2D eigenvalue weighted by molar-refractivity contribution is 5.95. The topological polar surface area (TPSA) is 60.5 Å². The van der Waals surface area contributed by atoms with Crippen molar-refractivity contribution in [3.63, 3.8) is 0 Å². The van der Waals surface area contributed by atoms with Crippen LogP contribution in [0.5, 0.6) is 5.75 Å². The third-order valence-corrected chi connectivity index (χ3v) is 5.81. The quantitative estimate of drug-likeness (QED) is 0.420. The molecule has 2 atom stereocenters. The van der Waals surface area contributed by atoms with Crippen LogP contribution in [0.3, 0.4) is 0 Å². The highest BCUT2D eigenvalue weighted by Crippen LogP contribution is 2.55. The molecule has 0 radical (unpaired) electrons. The molecule has 3 aromatic rings. The number of methoxy groups -OCH3 is 1. The Bertz CT molecular complexity index is 1250. The summed E-state index contributed by atoms with van der Waals surface area (Å²) in [6.07, 6.45) is -1.18. The van der Waals surface area contributed by atoms with Crippen molar-refractivity contribution in [3.05, 3.63) is 53.6 Å². The van der Waals surface area contributed by atoms with Crippen LogP contribution in [0, 0.1) is 18.3 Å². The molecule has 1 aliphatic carbocycles. The van der Waals surface area contributed by atoms with Gasteiger partial charge in [0.25, 0.3) is 5.92 Å². The summed E-state index contributed by atoms with van der Waals surface area (Å²) in [5.41, 5.74) is -1.36. The Kier molecular flexibility index (Phi) is 5.07. The van der Waals surface area contributed by atoms with E-state index in [9.17, 15) is 22.4 Å². The van der Waals surface area contributed by atoms with E-state index in [2.05, 4.69) is 15.1 Å². The van der Waals surface area contributed by atoms with Gasteiger partial charge in [-0.05, 0) is 43.3 Å². The predicted octanol–water partition coefficient (Wildman–Crippen LogP) is 5.44. The van der Waals surface area contributed by atoms with E-state index in [1.54, 1.807) is 0 Å². The summed E-state index contributed by atoms with van der Waals surface area (Å²) in [7, 11) is 1.40. The highest BCUT2D eigenvalue weighted by atomic mass is 19.3. The van der Waals surface area contributed by atoms with Gasteiger partial charge in [-0.1, -0.05) is 0 Å². The number of hydrogen-bond acceptors (Lipinski definition) is 3. The first-order chi connectivity index (χ1) is 15.1. The molecule has 2 aromatic carbocycles. The number of nitrogens with one attached hydrogen (secondary N) is 1. The Balaban J connectivity index is 1.75. The fraction of sp³-hybridized carbons (Fsp3) is 0.318. The minimum Gasteiger partial charge on any atom is -0.496 e. The maximum Gasteiger partial charge on any atom is 0.281 e. The maximum atomic E-state index is 14.2. The van der Waals surface area contributed by atoms with Crippen molar-refractivity contribution in [2.75, 3.05) is 12.4 Å². The number of hydrogen-bond donors (Lipinski definition) is 1. The highest BCUT2D eigenvalue weighted by Gasteiger charge is 2.66. The molecule has 1 fully saturated rings. The van der Waals surface area contributed by atoms with Gasteiger partial charge in [0, 0.05) is 24.4 Å². The molecule has 0 saturated heterocycles. The van der Waals surface area contributed by atoms with E-state index in [4.69, 9.17) is 11.3 Å². The van der Waals surface area contributed by atoms with Crippen molar-refractivity contribution < 1.29 is 27.1 Å². The molecule has 1 N–H and O–H groups in total. The van der Waals surface area contributed by atoms with Crippen molar-refractivity contribution in [1.29, 1.82) is 0 Å². The zero-order valence-electron chi connectivity index (χ0n) is 17.1. The second kappa shape index (κ2) is 7.51. The van der Waals surface area contributed by atoms with Crippen molar-refractivity contribution in [2.45, 2.75) is 31.4 Å². The van der Waals surface area contributed by atoms with Crippen LogP contribution in [0.1, 0.15) is 19.8 Å². The third kappa shape index (κ3) is 3.43. The summed E-state index contributed by atoms with van der Waals surface area (Å²) in [5, 5.41) is 2.54. The second-order valence-electron chi connectivity index (χ2n) is 7.81. The summed E-state index contributed by atoms with van der Waals surface area (Å²) in [4.78, 5) is 20.4. The van der Waals surface area contributed by atoms with Gasteiger partial charge < -0.3 is 4.74 Å². The number of carbonyl (C=O) groups is 1. The lowest BCUT2D eigenvalue weighted by molar-refractivity contribution is -0.242. The van der Waals surface area contributed by atoms with Gasteiger partial charge >= 0.3 is 0 Å². The number of alkyl halides is 3. The molecule has 1 aliphatic rings. The van der Waals surface area contributed by atoms with Gasteiger partial charge in [0.1, 0.15) is 17.1 Å². The first-order valence-corrected chi connectivity index (χ1v) is 9.68. The number of nitrogens with zero attached hydrogens (tertiary/aromatic N) is 3. The van der Waals surface area contributed by atoms with Crippen molar-refractivity contribution in [3.8, 4) is 11.4 Å². The Labute approximate surface area is 180 Å². The summed E-state index contributed by atoms with van der Waals surface area (Å²) in [6.45, 7) is 8.10. The lowest BCUT2D eigenvalue weighted by Crippen LogP contribution is -2.60. The molecule has 10 heteroatoms. The van der Waals surface area contributed by atoms with Crippen molar-refractivity contribution in [2.24, 2.45) is 5.92 Å². The van der Waals surface area contributed by atoms with Gasteiger partial charge in [-0.25, -0.2) is 27.4 Å². The molecular formula is C22H18F4N4O2. The van der Waals surface area contributed by atoms with E-state index in [1.807, 2.05) is 0 Å². The molecule has 1 saturated carbocycles. The van der Waals surface area contributed by atoms with Crippen molar-refractivity contribution >= 4 is 28.6 Å². The number of ether oxygens (including phenoxy) is 1. The smallest absolute Gasteiger partial charge is 0.281 e. The number of carbonyl (C=O) groups excluding carboxylic acids is 1. The van der Waals surface area contributed by atoms with Gasteiger partial charge in [0.05, 0.1) is 19.2 Å². The lowest BCUT2D eigenvalue weighted by Gasteiger charge is -2.47. The Hall–Kier alpha value is -3.61. The van der Waals surface area contributed by atoms with Gasteiger partial charge in [0.15, 0.2) is 11.4 Å². The van der Waals surface area contributed by atoms with Crippen LogP contribution in [0.4, 0.5) is 29.2 Å². The summed E-state index contributed by atoms with van der Waals surface area (Å²) in [6, 6.07) is 8.35. The van der Waals surface area contributed by atoms with Crippen LogP contribution in [-0.4, -0.2) is 34.2 Å². The number of aromatic nitrogens is 2. The molecule has 0 spiro atoms. The molecule has 166 valence electrons. The van der Waals surface area contributed by atoms with Crippen LogP contribution in [0.2, 0.25) is 0 Å². The number of imidazole rings is 1. The van der Waals surface area contributed by atoms with E-state index >= 15 is 0 Å².